The van der Waals surface area contributed by atoms with Gasteiger partial charge in [-0.3, -0.25) is 9.69 Å². The predicted molar refractivity (Wildman–Crippen MR) is 74.2 cm³/mol. The zero-order valence-corrected chi connectivity index (χ0v) is 11.7. The molecule has 18 heavy (non-hydrogen) atoms. The Morgan fingerprint density at radius 3 is 2.94 bits per heavy atom. The highest BCUT2D eigenvalue weighted by atomic mass is 32.1. The van der Waals surface area contributed by atoms with Gasteiger partial charge in [0.25, 0.3) is 5.91 Å². The number of aryl methyl sites for hydroxylation is 1. The zero-order chi connectivity index (χ0) is 12.5. The monoisotopic (exact) mass is 264 g/mol. The number of nitrogens with zero attached hydrogens (tertiary/aromatic N) is 2. The summed E-state index contributed by atoms with van der Waals surface area (Å²) < 4.78 is 0. The third kappa shape index (κ3) is 2.19. The van der Waals surface area contributed by atoms with E-state index in [9.17, 15) is 4.79 Å². The molecule has 1 aromatic heterocycles. The molecule has 0 radical (unpaired) electrons. The first kappa shape index (κ1) is 12.2. The number of hydrogen-bond donors (Lipinski definition) is 0. The summed E-state index contributed by atoms with van der Waals surface area (Å²) >= 11 is 1.58. The average Bonchev–Trinajstić information content (AvgIpc) is 2.93. The van der Waals surface area contributed by atoms with Gasteiger partial charge in [0.2, 0.25) is 0 Å². The highest BCUT2D eigenvalue weighted by Gasteiger charge is 2.31. The molecule has 1 unspecified atom stereocenters. The Labute approximate surface area is 112 Å². The van der Waals surface area contributed by atoms with Gasteiger partial charge in [-0.25, -0.2) is 0 Å². The summed E-state index contributed by atoms with van der Waals surface area (Å²) in [5.74, 6) is 0.247. The molecular weight excluding hydrogens is 244 g/mol. The Morgan fingerprint density at radius 2 is 2.17 bits per heavy atom. The minimum atomic E-state index is 0.247. The third-order valence-corrected chi connectivity index (χ3v) is 5.15. The average molecular weight is 264 g/mol. The highest BCUT2D eigenvalue weighted by molar-refractivity contribution is 7.12. The van der Waals surface area contributed by atoms with E-state index in [4.69, 9.17) is 0 Å². The number of rotatable bonds is 1. The van der Waals surface area contributed by atoms with Crippen molar-refractivity contribution in [2.24, 2.45) is 0 Å². The van der Waals surface area contributed by atoms with E-state index in [1.54, 1.807) is 11.3 Å². The Balaban J connectivity index is 1.75. The molecule has 2 fully saturated rings. The fourth-order valence-electron chi connectivity index (χ4n) is 3.13. The summed E-state index contributed by atoms with van der Waals surface area (Å²) in [6.07, 6.45) is 3.67. The van der Waals surface area contributed by atoms with Crippen LogP contribution >= 0.6 is 11.3 Å². The standard InChI is InChI=1S/C14H20N2OS/c1-11-5-9-18-13(11)14(17)16-8-3-7-15-6-2-4-12(15)10-16/h5,9,12H,2-4,6-8,10H2,1H3. The van der Waals surface area contributed by atoms with Crippen molar-refractivity contribution >= 4 is 17.2 Å². The van der Waals surface area contributed by atoms with Crippen molar-refractivity contribution in [1.82, 2.24) is 9.80 Å². The molecule has 2 aliphatic rings. The summed E-state index contributed by atoms with van der Waals surface area (Å²) in [4.78, 5) is 18.1. The van der Waals surface area contributed by atoms with Gasteiger partial charge in [-0.15, -0.1) is 11.3 Å². The normalized spacial score (nSPS) is 24.9. The first-order chi connectivity index (χ1) is 8.75. The summed E-state index contributed by atoms with van der Waals surface area (Å²) in [5.41, 5.74) is 1.12. The van der Waals surface area contributed by atoms with Crippen LogP contribution in [-0.2, 0) is 0 Å². The summed E-state index contributed by atoms with van der Waals surface area (Å²) in [5, 5.41) is 2.02. The minimum absolute atomic E-state index is 0.247. The van der Waals surface area contributed by atoms with Crippen molar-refractivity contribution < 1.29 is 4.79 Å². The Hall–Kier alpha value is -0.870. The second-order valence-electron chi connectivity index (χ2n) is 5.37. The van der Waals surface area contributed by atoms with Crippen molar-refractivity contribution in [3.8, 4) is 0 Å². The summed E-state index contributed by atoms with van der Waals surface area (Å²) in [6, 6.07) is 2.65. The van der Waals surface area contributed by atoms with Gasteiger partial charge in [0, 0.05) is 25.7 Å². The maximum atomic E-state index is 12.5. The van der Waals surface area contributed by atoms with Crippen LogP contribution in [0.4, 0.5) is 0 Å². The van der Waals surface area contributed by atoms with Gasteiger partial charge in [-0.05, 0) is 49.7 Å². The van der Waals surface area contributed by atoms with Crippen LogP contribution < -0.4 is 0 Å². The SMILES string of the molecule is Cc1ccsc1C(=O)N1CCCN2CCCC2C1. The van der Waals surface area contributed by atoms with E-state index in [0.717, 1.165) is 36.5 Å². The van der Waals surface area contributed by atoms with Gasteiger partial charge < -0.3 is 4.90 Å². The lowest BCUT2D eigenvalue weighted by atomic mass is 10.2. The molecule has 3 nitrogen and oxygen atoms in total. The van der Waals surface area contributed by atoms with Gasteiger partial charge in [0.15, 0.2) is 0 Å². The molecule has 98 valence electrons. The van der Waals surface area contributed by atoms with Crippen LogP contribution in [0.3, 0.4) is 0 Å². The lowest BCUT2D eigenvalue weighted by Gasteiger charge is -2.25. The largest absolute Gasteiger partial charge is 0.336 e. The molecule has 0 saturated carbocycles. The Kier molecular flexibility index (Phi) is 3.39. The summed E-state index contributed by atoms with van der Waals surface area (Å²) in [7, 11) is 0. The first-order valence-electron chi connectivity index (χ1n) is 6.83. The predicted octanol–water partition coefficient (Wildman–Crippen LogP) is 2.37. The number of thiophene rings is 1. The second kappa shape index (κ2) is 5.02. The summed E-state index contributed by atoms with van der Waals surface area (Å²) in [6.45, 7) is 6.27. The molecular formula is C14H20N2OS. The third-order valence-electron chi connectivity index (χ3n) is 4.15. The van der Waals surface area contributed by atoms with Gasteiger partial charge in [-0.2, -0.15) is 0 Å². The van der Waals surface area contributed by atoms with Crippen molar-refractivity contribution in [1.29, 1.82) is 0 Å². The molecule has 0 aliphatic carbocycles. The molecule has 1 atom stereocenters. The number of carbonyl (C=O) groups is 1. The fourth-order valence-corrected chi connectivity index (χ4v) is 4.02. The van der Waals surface area contributed by atoms with E-state index < -0.39 is 0 Å². The van der Waals surface area contributed by atoms with E-state index in [1.165, 1.54) is 19.4 Å². The van der Waals surface area contributed by atoms with Crippen molar-refractivity contribution in [3.63, 3.8) is 0 Å². The quantitative estimate of drug-likeness (QED) is 0.777. The smallest absolute Gasteiger partial charge is 0.264 e. The van der Waals surface area contributed by atoms with Crippen LogP contribution in [0.25, 0.3) is 0 Å². The lowest BCUT2D eigenvalue weighted by Crippen LogP contribution is -2.39. The van der Waals surface area contributed by atoms with Crippen LogP contribution in [0.1, 0.15) is 34.5 Å². The number of hydrogen-bond acceptors (Lipinski definition) is 3. The molecule has 0 bridgehead atoms. The zero-order valence-electron chi connectivity index (χ0n) is 10.9. The molecule has 1 aromatic rings. The van der Waals surface area contributed by atoms with Crippen LogP contribution in [0.15, 0.2) is 11.4 Å². The van der Waals surface area contributed by atoms with Gasteiger partial charge in [0.05, 0.1) is 4.88 Å². The lowest BCUT2D eigenvalue weighted by molar-refractivity contribution is 0.0747. The van der Waals surface area contributed by atoms with E-state index in [-0.39, 0.29) is 5.91 Å². The van der Waals surface area contributed by atoms with Crippen LogP contribution in [0.5, 0.6) is 0 Å². The number of fused-ring (bicyclic) bond motifs is 1. The van der Waals surface area contributed by atoms with E-state index in [1.807, 2.05) is 18.4 Å². The molecule has 0 N–H and O–H groups in total. The maximum absolute atomic E-state index is 12.5. The van der Waals surface area contributed by atoms with E-state index in [2.05, 4.69) is 9.80 Å². The van der Waals surface area contributed by atoms with Gasteiger partial charge in [-0.1, -0.05) is 0 Å². The Bertz CT molecular complexity index is 443. The maximum Gasteiger partial charge on any atom is 0.264 e. The molecule has 1 amide bonds. The molecule has 0 aromatic carbocycles. The molecule has 0 spiro atoms. The molecule has 4 heteroatoms. The Morgan fingerprint density at radius 1 is 1.33 bits per heavy atom. The van der Waals surface area contributed by atoms with Crippen LogP contribution in [-0.4, -0.2) is 47.9 Å². The van der Waals surface area contributed by atoms with E-state index in [0.29, 0.717) is 6.04 Å². The highest BCUT2D eigenvalue weighted by Crippen LogP contribution is 2.24. The number of carbonyl (C=O) groups excluding carboxylic acids is 1. The van der Waals surface area contributed by atoms with Crippen LogP contribution in [0, 0.1) is 6.92 Å². The fraction of sp³-hybridized carbons (Fsp3) is 0.643. The first-order valence-corrected chi connectivity index (χ1v) is 7.71. The second-order valence-corrected chi connectivity index (χ2v) is 6.29. The minimum Gasteiger partial charge on any atom is -0.336 e. The molecule has 2 aliphatic heterocycles. The molecule has 3 heterocycles. The van der Waals surface area contributed by atoms with Gasteiger partial charge in [0.1, 0.15) is 0 Å². The van der Waals surface area contributed by atoms with Gasteiger partial charge >= 0.3 is 0 Å². The van der Waals surface area contributed by atoms with E-state index >= 15 is 0 Å². The van der Waals surface area contributed by atoms with Crippen molar-refractivity contribution in [2.45, 2.75) is 32.2 Å². The topological polar surface area (TPSA) is 23.6 Å². The molecule has 2 saturated heterocycles. The van der Waals surface area contributed by atoms with Crippen LogP contribution in [0.2, 0.25) is 0 Å². The van der Waals surface area contributed by atoms with Crippen molar-refractivity contribution in [3.05, 3.63) is 21.9 Å². The number of amides is 1. The molecule has 3 rings (SSSR count). The van der Waals surface area contributed by atoms with Crippen molar-refractivity contribution in [2.75, 3.05) is 26.2 Å².